The first-order valence-electron chi connectivity index (χ1n) is 5.40. The molecule has 1 aromatic rings. The van der Waals surface area contributed by atoms with Crippen LogP contribution >= 0.6 is 11.6 Å². The molecule has 0 heterocycles. The third kappa shape index (κ3) is 5.02. The molecule has 0 aliphatic heterocycles. The second-order valence-corrected chi connectivity index (χ2v) is 3.96. The van der Waals surface area contributed by atoms with Gasteiger partial charge < -0.3 is 26.2 Å². The van der Waals surface area contributed by atoms with Gasteiger partial charge in [0.25, 0.3) is 0 Å². The molecule has 3 amide bonds. The van der Waals surface area contributed by atoms with E-state index >= 15 is 0 Å². The van der Waals surface area contributed by atoms with E-state index in [1.165, 1.54) is 18.2 Å². The topological polar surface area (TPSA) is 131 Å². The molecule has 8 nitrogen and oxygen atoms in total. The normalized spacial score (nSPS) is 9.65. The van der Waals surface area contributed by atoms with E-state index in [2.05, 4.69) is 15.4 Å². The number of carboxylic acid groups (broad SMARTS) is 1. The number of hydrogen-bond donors (Lipinski definition) is 4. The van der Waals surface area contributed by atoms with Crippen LogP contribution in [-0.2, 0) is 4.74 Å². The largest absolute Gasteiger partial charge is 0.478 e. The quantitative estimate of drug-likeness (QED) is 0.608. The molecule has 108 valence electrons. The van der Waals surface area contributed by atoms with Crippen LogP contribution in [0.1, 0.15) is 10.4 Å². The van der Waals surface area contributed by atoms with Gasteiger partial charge in [0.05, 0.1) is 22.8 Å². The summed E-state index contributed by atoms with van der Waals surface area (Å²) in [4.78, 5) is 32.4. The summed E-state index contributed by atoms with van der Waals surface area (Å²) in [7, 11) is 0. The van der Waals surface area contributed by atoms with Crippen LogP contribution in [0.5, 0.6) is 0 Å². The molecule has 0 radical (unpaired) electrons. The summed E-state index contributed by atoms with van der Waals surface area (Å²) in [5, 5.41) is 13.7. The average molecular weight is 302 g/mol. The Bertz CT molecular complexity index is 535. The number of carbonyl (C=O) groups excluding carboxylic acids is 2. The summed E-state index contributed by atoms with van der Waals surface area (Å²) in [5.41, 5.74) is 5.00. The first kappa shape index (κ1) is 15.6. The lowest BCUT2D eigenvalue weighted by molar-refractivity contribution is 0.0697. The standard InChI is InChI=1S/C11H12ClN3O5/c12-7-5-6(9(16)17)1-2-8(7)15-11(19)14-3-4-20-10(13)18/h1-2,5H,3-4H2,(H2,13,18)(H,16,17)(H2,14,15,19). The van der Waals surface area contributed by atoms with Crippen LogP contribution in [0.15, 0.2) is 18.2 Å². The lowest BCUT2D eigenvalue weighted by Crippen LogP contribution is -2.32. The zero-order chi connectivity index (χ0) is 15.1. The summed E-state index contributed by atoms with van der Waals surface area (Å²) in [5.74, 6) is -1.12. The molecule has 0 aliphatic rings. The number of halogens is 1. The van der Waals surface area contributed by atoms with Gasteiger partial charge >= 0.3 is 18.1 Å². The molecule has 0 fully saturated rings. The van der Waals surface area contributed by atoms with E-state index in [-0.39, 0.29) is 29.4 Å². The van der Waals surface area contributed by atoms with Crippen LogP contribution in [0.3, 0.4) is 0 Å². The van der Waals surface area contributed by atoms with Gasteiger partial charge in [0.15, 0.2) is 0 Å². The Labute approximate surface area is 118 Å². The van der Waals surface area contributed by atoms with Crippen molar-refractivity contribution in [2.45, 2.75) is 0 Å². The Hall–Kier alpha value is -2.48. The number of anilines is 1. The molecule has 0 atom stereocenters. The number of nitrogens with one attached hydrogen (secondary N) is 2. The van der Waals surface area contributed by atoms with Crippen molar-refractivity contribution in [3.05, 3.63) is 28.8 Å². The predicted molar refractivity (Wildman–Crippen MR) is 71.0 cm³/mol. The summed E-state index contributed by atoms with van der Waals surface area (Å²) in [6.45, 7) is 0.00798. The SMILES string of the molecule is NC(=O)OCCNC(=O)Nc1ccc(C(=O)O)cc1Cl. The van der Waals surface area contributed by atoms with Crippen molar-refractivity contribution in [1.29, 1.82) is 0 Å². The first-order chi connectivity index (χ1) is 9.40. The summed E-state index contributed by atoms with van der Waals surface area (Å²) < 4.78 is 4.41. The van der Waals surface area contributed by atoms with Crippen molar-refractivity contribution in [2.75, 3.05) is 18.5 Å². The van der Waals surface area contributed by atoms with Gasteiger partial charge in [0.2, 0.25) is 0 Å². The van der Waals surface area contributed by atoms with Gasteiger partial charge in [-0.1, -0.05) is 11.6 Å². The highest BCUT2D eigenvalue weighted by atomic mass is 35.5. The molecule has 0 bridgehead atoms. The Morgan fingerprint density at radius 2 is 2.05 bits per heavy atom. The fraction of sp³-hybridized carbons (Fsp3) is 0.182. The Kier molecular flexibility index (Phi) is 5.60. The minimum absolute atomic E-state index is 0.0100. The molecule has 0 unspecified atom stereocenters. The van der Waals surface area contributed by atoms with Crippen LogP contribution in [-0.4, -0.2) is 36.4 Å². The van der Waals surface area contributed by atoms with E-state index < -0.39 is 18.1 Å². The maximum Gasteiger partial charge on any atom is 0.404 e. The molecule has 9 heteroatoms. The van der Waals surface area contributed by atoms with Crippen LogP contribution in [0.25, 0.3) is 0 Å². The third-order valence-corrected chi connectivity index (χ3v) is 2.41. The number of amides is 3. The number of hydrogen-bond acceptors (Lipinski definition) is 4. The fourth-order valence-corrected chi connectivity index (χ4v) is 1.46. The molecule has 20 heavy (non-hydrogen) atoms. The summed E-state index contributed by atoms with van der Waals surface area (Å²) in [6, 6.07) is 3.31. The number of urea groups is 1. The van der Waals surface area contributed by atoms with Gasteiger partial charge in [-0.15, -0.1) is 0 Å². The number of rotatable bonds is 5. The number of ether oxygens (including phenoxy) is 1. The van der Waals surface area contributed by atoms with Gasteiger partial charge in [-0.25, -0.2) is 14.4 Å². The number of primary amides is 1. The van der Waals surface area contributed by atoms with Gasteiger partial charge in [0, 0.05) is 0 Å². The average Bonchev–Trinajstić information content (AvgIpc) is 2.36. The predicted octanol–water partition coefficient (Wildman–Crippen LogP) is 1.26. The van der Waals surface area contributed by atoms with Crippen LogP contribution in [0.4, 0.5) is 15.3 Å². The molecule has 0 saturated heterocycles. The van der Waals surface area contributed by atoms with Crippen LogP contribution in [0, 0.1) is 0 Å². The van der Waals surface area contributed by atoms with Crippen LogP contribution < -0.4 is 16.4 Å². The van der Waals surface area contributed by atoms with Crippen LogP contribution in [0.2, 0.25) is 5.02 Å². The molecular formula is C11H12ClN3O5. The van der Waals surface area contributed by atoms with E-state index in [4.69, 9.17) is 22.4 Å². The van der Waals surface area contributed by atoms with Crippen molar-refractivity contribution >= 4 is 35.4 Å². The van der Waals surface area contributed by atoms with Crippen molar-refractivity contribution in [2.24, 2.45) is 5.73 Å². The molecular weight excluding hydrogens is 290 g/mol. The smallest absolute Gasteiger partial charge is 0.404 e. The Balaban J connectivity index is 2.50. The molecule has 0 aromatic heterocycles. The highest BCUT2D eigenvalue weighted by Crippen LogP contribution is 2.22. The summed E-state index contributed by atoms with van der Waals surface area (Å²) >= 11 is 5.83. The van der Waals surface area contributed by atoms with Gasteiger partial charge in [0.1, 0.15) is 6.61 Å². The monoisotopic (exact) mass is 301 g/mol. The van der Waals surface area contributed by atoms with Gasteiger partial charge in [-0.3, -0.25) is 0 Å². The Morgan fingerprint density at radius 1 is 1.35 bits per heavy atom. The van der Waals surface area contributed by atoms with Gasteiger partial charge in [-0.2, -0.15) is 0 Å². The minimum atomic E-state index is -1.12. The number of aromatic carboxylic acids is 1. The van der Waals surface area contributed by atoms with Crippen molar-refractivity contribution in [1.82, 2.24) is 5.32 Å². The molecule has 0 saturated carbocycles. The van der Waals surface area contributed by atoms with Crippen molar-refractivity contribution < 1.29 is 24.2 Å². The maximum absolute atomic E-state index is 11.5. The highest BCUT2D eigenvalue weighted by molar-refractivity contribution is 6.34. The molecule has 1 rings (SSSR count). The highest BCUT2D eigenvalue weighted by Gasteiger charge is 2.09. The lowest BCUT2D eigenvalue weighted by atomic mass is 10.2. The first-order valence-corrected chi connectivity index (χ1v) is 5.78. The number of carbonyl (C=O) groups is 3. The molecule has 0 spiro atoms. The van der Waals surface area contributed by atoms with E-state index in [1.54, 1.807) is 0 Å². The third-order valence-electron chi connectivity index (χ3n) is 2.10. The molecule has 1 aromatic carbocycles. The fourth-order valence-electron chi connectivity index (χ4n) is 1.23. The zero-order valence-corrected chi connectivity index (χ0v) is 10.9. The van der Waals surface area contributed by atoms with Gasteiger partial charge in [-0.05, 0) is 18.2 Å². The van der Waals surface area contributed by atoms with E-state index in [0.717, 1.165) is 0 Å². The number of nitrogens with two attached hydrogens (primary N) is 1. The number of benzene rings is 1. The second-order valence-electron chi connectivity index (χ2n) is 3.55. The zero-order valence-electron chi connectivity index (χ0n) is 10.2. The minimum Gasteiger partial charge on any atom is -0.478 e. The second kappa shape index (κ2) is 7.19. The van der Waals surface area contributed by atoms with Crippen molar-refractivity contribution in [3.63, 3.8) is 0 Å². The molecule has 5 N–H and O–H groups in total. The van der Waals surface area contributed by atoms with E-state index in [1.807, 2.05) is 0 Å². The van der Waals surface area contributed by atoms with E-state index in [9.17, 15) is 14.4 Å². The maximum atomic E-state index is 11.5. The summed E-state index contributed by atoms with van der Waals surface area (Å²) in [6.07, 6.45) is -0.931. The number of carboxylic acids is 1. The van der Waals surface area contributed by atoms with Crippen molar-refractivity contribution in [3.8, 4) is 0 Å². The molecule has 0 aliphatic carbocycles. The van der Waals surface area contributed by atoms with E-state index in [0.29, 0.717) is 0 Å². The Morgan fingerprint density at radius 3 is 2.60 bits per heavy atom. The lowest BCUT2D eigenvalue weighted by Gasteiger charge is -2.09.